The van der Waals surface area contributed by atoms with Crippen LogP contribution in [0, 0.1) is 0 Å². The largest absolute Gasteiger partial charge is 0.462 e. The van der Waals surface area contributed by atoms with Crippen LogP contribution in [0.2, 0.25) is 0 Å². The van der Waals surface area contributed by atoms with Gasteiger partial charge in [0, 0.05) is 18.5 Å². The first-order valence-electron chi connectivity index (χ1n) is 11.7. The fraction of sp³-hybridized carbons (Fsp3) is 0.357. The summed E-state index contributed by atoms with van der Waals surface area (Å²) in [7, 11) is 0. The van der Waals surface area contributed by atoms with Crippen molar-refractivity contribution in [3.63, 3.8) is 0 Å². The lowest BCUT2D eigenvalue weighted by Gasteiger charge is -2.42. The summed E-state index contributed by atoms with van der Waals surface area (Å²) >= 11 is 0. The Morgan fingerprint density at radius 2 is 1.85 bits per heavy atom. The molecule has 5 nitrogen and oxygen atoms in total. The molecule has 0 saturated heterocycles. The Bertz CT molecular complexity index is 1180. The molecule has 1 heterocycles. The van der Waals surface area contributed by atoms with Crippen LogP contribution >= 0.6 is 0 Å². The second-order valence-corrected chi connectivity index (χ2v) is 8.44. The highest BCUT2D eigenvalue weighted by atomic mass is 16.5. The molecule has 0 fully saturated rings. The van der Waals surface area contributed by atoms with Gasteiger partial charge in [0.2, 0.25) is 0 Å². The van der Waals surface area contributed by atoms with Gasteiger partial charge >= 0.3 is 5.97 Å². The summed E-state index contributed by atoms with van der Waals surface area (Å²) in [5, 5.41) is 3.66. The number of aliphatic imine (C=N–C) groups is 1. The van der Waals surface area contributed by atoms with E-state index >= 15 is 0 Å². The zero-order valence-electron chi connectivity index (χ0n) is 20.1. The van der Waals surface area contributed by atoms with E-state index in [1.54, 1.807) is 0 Å². The lowest BCUT2D eigenvalue weighted by molar-refractivity contribution is 0.0526. The van der Waals surface area contributed by atoms with Gasteiger partial charge in [0.05, 0.1) is 17.7 Å². The van der Waals surface area contributed by atoms with Gasteiger partial charge in [-0.25, -0.2) is 4.79 Å². The molecular weight excluding hydrogens is 412 g/mol. The number of esters is 1. The van der Waals surface area contributed by atoms with Crippen molar-refractivity contribution in [3.05, 3.63) is 82.1 Å². The Hall–Kier alpha value is -3.18. The van der Waals surface area contributed by atoms with Gasteiger partial charge in [-0.1, -0.05) is 43.3 Å². The van der Waals surface area contributed by atoms with Gasteiger partial charge in [-0.05, 0) is 68.6 Å². The number of likely N-dealkylation sites (N-methyl/N-ethyl adjacent to an activating group) is 1. The van der Waals surface area contributed by atoms with Crippen LogP contribution in [0.4, 0.5) is 0 Å². The first kappa shape index (κ1) is 23.0. The van der Waals surface area contributed by atoms with Crippen LogP contribution in [-0.4, -0.2) is 36.9 Å². The molecule has 33 heavy (non-hydrogen) atoms. The highest BCUT2D eigenvalue weighted by Gasteiger charge is 2.44. The number of nitrogens with zero attached hydrogens (tertiary/aromatic N) is 1. The van der Waals surface area contributed by atoms with E-state index < -0.39 is 5.54 Å². The predicted molar refractivity (Wildman–Crippen MR) is 133 cm³/mol. The van der Waals surface area contributed by atoms with Crippen molar-refractivity contribution in [1.82, 2.24) is 5.32 Å². The first-order valence-corrected chi connectivity index (χ1v) is 11.7. The lowest BCUT2D eigenvalue weighted by Crippen LogP contribution is -2.54. The molecule has 0 radical (unpaired) electrons. The topological polar surface area (TPSA) is 59.9 Å². The molecule has 0 spiro atoms. The van der Waals surface area contributed by atoms with Crippen molar-refractivity contribution >= 4 is 17.3 Å². The number of para-hydroxylation sites is 1. The van der Waals surface area contributed by atoms with Crippen molar-refractivity contribution in [2.75, 3.05) is 19.7 Å². The number of carbonyl (C=O) groups is 1. The van der Waals surface area contributed by atoms with Crippen LogP contribution in [0.3, 0.4) is 0 Å². The molecule has 0 bridgehead atoms. The third-order valence-electron chi connectivity index (χ3n) is 6.48. The molecule has 172 valence electrons. The Balaban J connectivity index is 2.01. The average Bonchev–Trinajstić information content (AvgIpc) is 2.82. The fourth-order valence-electron chi connectivity index (χ4n) is 4.88. The number of rotatable bonds is 6. The number of fused-ring (bicyclic) bond motifs is 1. The number of allylic oxidation sites excluding steroid dienone is 2. The SMILES string of the molecule is CCN=C1C2=C(Cc3ccccc3O2)C(c2ccccc2C(=O)OCC)=C(C)C1(C)NCC. The number of hydrogen-bond donors (Lipinski definition) is 1. The van der Waals surface area contributed by atoms with E-state index in [1.165, 1.54) is 0 Å². The standard InChI is InChI=1S/C28H32N2O3/c1-6-29-26-25-22(17-19-13-9-12-16-23(19)33-25)24(18(4)28(26,5)30-7-2)20-14-10-11-15-21(20)27(31)32-8-3/h9-16,30H,6-8,17H2,1-5H3. The van der Waals surface area contributed by atoms with Gasteiger partial charge in [-0.2, -0.15) is 0 Å². The molecule has 5 heteroatoms. The minimum absolute atomic E-state index is 0.314. The third-order valence-corrected chi connectivity index (χ3v) is 6.48. The van der Waals surface area contributed by atoms with Gasteiger partial charge in [0.15, 0.2) is 5.76 Å². The predicted octanol–water partition coefficient (Wildman–Crippen LogP) is 5.37. The van der Waals surface area contributed by atoms with Crippen molar-refractivity contribution in [3.8, 4) is 5.75 Å². The molecule has 1 atom stereocenters. The molecule has 4 rings (SSSR count). The second kappa shape index (κ2) is 9.36. The molecule has 2 aliphatic rings. The maximum Gasteiger partial charge on any atom is 0.338 e. The zero-order valence-corrected chi connectivity index (χ0v) is 20.1. The maximum absolute atomic E-state index is 12.9. The summed E-state index contributed by atoms with van der Waals surface area (Å²) < 4.78 is 11.9. The maximum atomic E-state index is 12.9. The van der Waals surface area contributed by atoms with E-state index in [0.29, 0.717) is 25.1 Å². The quantitative estimate of drug-likeness (QED) is 0.609. The van der Waals surface area contributed by atoms with E-state index in [4.69, 9.17) is 14.5 Å². The van der Waals surface area contributed by atoms with Crippen molar-refractivity contribution in [2.45, 2.75) is 46.6 Å². The van der Waals surface area contributed by atoms with E-state index in [-0.39, 0.29) is 5.97 Å². The molecule has 2 aromatic carbocycles. The van der Waals surface area contributed by atoms with Gasteiger partial charge in [-0.15, -0.1) is 0 Å². The van der Waals surface area contributed by atoms with E-state index in [0.717, 1.165) is 51.6 Å². The van der Waals surface area contributed by atoms with Gasteiger partial charge in [0.1, 0.15) is 11.5 Å². The summed E-state index contributed by atoms with van der Waals surface area (Å²) in [6, 6.07) is 15.8. The fourth-order valence-corrected chi connectivity index (χ4v) is 4.88. The third kappa shape index (κ3) is 3.91. The molecule has 1 N–H and O–H groups in total. The monoisotopic (exact) mass is 444 g/mol. The van der Waals surface area contributed by atoms with Crippen LogP contribution in [-0.2, 0) is 11.2 Å². The Morgan fingerprint density at radius 3 is 2.58 bits per heavy atom. The highest BCUT2D eigenvalue weighted by Crippen LogP contribution is 2.46. The molecular formula is C28H32N2O3. The number of carbonyl (C=O) groups excluding carboxylic acids is 1. The Kier molecular flexibility index (Phi) is 6.52. The smallest absolute Gasteiger partial charge is 0.338 e. The molecule has 2 aromatic rings. The molecule has 0 saturated carbocycles. The summed E-state index contributed by atoms with van der Waals surface area (Å²) in [5.41, 5.74) is 6.14. The van der Waals surface area contributed by atoms with Crippen molar-refractivity contribution < 1.29 is 14.3 Å². The van der Waals surface area contributed by atoms with Gasteiger partial charge in [-0.3, -0.25) is 4.99 Å². The zero-order chi connectivity index (χ0) is 23.6. The van der Waals surface area contributed by atoms with Crippen molar-refractivity contribution in [1.29, 1.82) is 0 Å². The number of ether oxygens (including phenoxy) is 2. The van der Waals surface area contributed by atoms with Crippen LogP contribution in [0.25, 0.3) is 5.57 Å². The molecule has 0 amide bonds. The van der Waals surface area contributed by atoms with Crippen molar-refractivity contribution in [2.24, 2.45) is 4.99 Å². The lowest BCUT2D eigenvalue weighted by atomic mass is 9.71. The minimum Gasteiger partial charge on any atom is -0.462 e. The number of nitrogens with one attached hydrogen (secondary N) is 1. The summed E-state index contributed by atoms with van der Waals surface area (Å²) in [6.07, 6.45) is 0.709. The van der Waals surface area contributed by atoms with E-state index in [1.807, 2.05) is 56.3 Å². The van der Waals surface area contributed by atoms with Crippen LogP contribution in [0.15, 0.2) is 70.4 Å². The number of hydrogen-bond acceptors (Lipinski definition) is 5. The van der Waals surface area contributed by atoms with Crippen LogP contribution in [0.1, 0.15) is 56.1 Å². The van der Waals surface area contributed by atoms with Crippen LogP contribution in [0.5, 0.6) is 5.75 Å². The molecule has 1 unspecified atom stereocenters. The summed E-state index contributed by atoms with van der Waals surface area (Å²) in [5.74, 6) is 1.33. The summed E-state index contributed by atoms with van der Waals surface area (Å²) in [4.78, 5) is 17.8. The normalized spacial score (nSPS) is 20.9. The number of benzene rings is 2. The van der Waals surface area contributed by atoms with E-state index in [9.17, 15) is 4.79 Å². The van der Waals surface area contributed by atoms with Gasteiger partial charge in [0.25, 0.3) is 0 Å². The highest BCUT2D eigenvalue weighted by molar-refractivity contribution is 6.16. The van der Waals surface area contributed by atoms with Gasteiger partial charge < -0.3 is 14.8 Å². The average molecular weight is 445 g/mol. The molecule has 0 aromatic heterocycles. The van der Waals surface area contributed by atoms with Crippen LogP contribution < -0.4 is 10.1 Å². The molecule has 1 aliphatic carbocycles. The Morgan fingerprint density at radius 1 is 1.12 bits per heavy atom. The first-order chi connectivity index (χ1) is 16.0. The Labute approximate surface area is 196 Å². The van der Waals surface area contributed by atoms with E-state index in [2.05, 4.69) is 32.2 Å². The minimum atomic E-state index is -0.535. The second-order valence-electron chi connectivity index (χ2n) is 8.44. The molecule has 1 aliphatic heterocycles. The summed E-state index contributed by atoms with van der Waals surface area (Å²) in [6.45, 7) is 12.0.